The van der Waals surface area contributed by atoms with Crippen LogP contribution in [0, 0.1) is 5.92 Å². The van der Waals surface area contributed by atoms with Gasteiger partial charge in [0.2, 0.25) is 5.91 Å². The van der Waals surface area contributed by atoms with Gasteiger partial charge in [-0.1, -0.05) is 12.8 Å². The summed E-state index contributed by atoms with van der Waals surface area (Å²) in [5, 5.41) is 7.37. The van der Waals surface area contributed by atoms with Gasteiger partial charge in [0, 0.05) is 32.3 Å². The maximum atomic E-state index is 12.4. The minimum Gasteiger partial charge on any atom is -0.383 e. The lowest BCUT2D eigenvalue weighted by atomic mass is 10.1. The summed E-state index contributed by atoms with van der Waals surface area (Å²) < 4.78 is 6.37. The smallest absolute Gasteiger partial charge is 0.268 e. The highest BCUT2D eigenvalue weighted by Gasteiger charge is 2.30. The molecule has 0 radical (unpaired) electrons. The van der Waals surface area contributed by atoms with Crippen molar-refractivity contribution in [1.82, 2.24) is 15.1 Å². The van der Waals surface area contributed by atoms with E-state index < -0.39 is 0 Å². The number of methoxy groups -OCH3 is 1. The van der Waals surface area contributed by atoms with Crippen molar-refractivity contribution in [2.45, 2.75) is 44.7 Å². The molecule has 1 aliphatic carbocycles. The highest BCUT2D eigenvalue weighted by Crippen LogP contribution is 2.24. The molecule has 7 nitrogen and oxygen atoms in total. The summed E-state index contributed by atoms with van der Waals surface area (Å²) in [4.78, 5) is 26.5. The highest BCUT2D eigenvalue weighted by atomic mass is 16.5. The Bertz CT molecular complexity index is 625. The minimum absolute atomic E-state index is 0.00141. The average molecular weight is 334 g/mol. The standard InChI is InChI=1S/C17H26N4O3/c1-24-9-8-21-16(22)10-15(11-18-21)20-7-6-13(12-20)17(23)19-14-4-2-3-5-14/h10-11,13-14H,2-9,12H2,1H3,(H,19,23). The third-order valence-electron chi connectivity index (χ3n) is 4.99. The lowest BCUT2D eigenvalue weighted by Crippen LogP contribution is -2.38. The molecule has 7 heteroatoms. The first-order valence-corrected chi connectivity index (χ1v) is 8.79. The van der Waals surface area contributed by atoms with Crippen molar-refractivity contribution < 1.29 is 9.53 Å². The van der Waals surface area contributed by atoms with Gasteiger partial charge in [-0.3, -0.25) is 9.59 Å². The maximum absolute atomic E-state index is 12.4. The number of carbonyl (C=O) groups is 1. The Labute approximate surface area is 142 Å². The molecule has 1 N–H and O–H groups in total. The molecule has 3 rings (SSSR count). The van der Waals surface area contributed by atoms with Crippen LogP contribution in [0.15, 0.2) is 17.1 Å². The second kappa shape index (κ2) is 7.79. The largest absolute Gasteiger partial charge is 0.383 e. The molecule has 1 aromatic heterocycles. The molecule has 1 aliphatic heterocycles. The Hall–Kier alpha value is -1.89. The van der Waals surface area contributed by atoms with Crippen LogP contribution in [-0.2, 0) is 16.1 Å². The van der Waals surface area contributed by atoms with Crippen LogP contribution >= 0.6 is 0 Å². The zero-order valence-electron chi connectivity index (χ0n) is 14.2. The fraction of sp³-hybridized carbons (Fsp3) is 0.706. The second-order valence-corrected chi connectivity index (χ2v) is 6.69. The van der Waals surface area contributed by atoms with Crippen molar-refractivity contribution in [1.29, 1.82) is 0 Å². The third kappa shape index (κ3) is 3.95. The molecular formula is C17H26N4O3. The predicted molar refractivity (Wildman–Crippen MR) is 91.1 cm³/mol. The van der Waals surface area contributed by atoms with Gasteiger partial charge in [0.25, 0.3) is 5.56 Å². The Morgan fingerprint density at radius 2 is 2.17 bits per heavy atom. The summed E-state index contributed by atoms with van der Waals surface area (Å²) in [6, 6.07) is 1.96. The minimum atomic E-state index is -0.136. The first kappa shape index (κ1) is 17.0. The zero-order valence-corrected chi connectivity index (χ0v) is 14.2. The number of ether oxygens (including phenoxy) is 1. The van der Waals surface area contributed by atoms with E-state index in [-0.39, 0.29) is 17.4 Å². The molecule has 24 heavy (non-hydrogen) atoms. The summed E-state index contributed by atoms with van der Waals surface area (Å²) in [6.45, 7) is 2.34. The van der Waals surface area contributed by atoms with Gasteiger partial charge in [-0.2, -0.15) is 5.10 Å². The van der Waals surface area contributed by atoms with E-state index in [2.05, 4.69) is 15.3 Å². The predicted octanol–water partition coefficient (Wildman–Crippen LogP) is 0.775. The van der Waals surface area contributed by atoms with Crippen LogP contribution in [0.4, 0.5) is 5.69 Å². The van der Waals surface area contributed by atoms with Gasteiger partial charge >= 0.3 is 0 Å². The van der Waals surface area contributed by atoms with Gasteiger partial charge < -0.3 is 15.0 Å². The van der Waals surface area contributed by atoms with E-state index in [9.17, 15) is 9.59 Å². The van der Waals surface area contributed by atoms with Crippen LogP contribution in [0.25, 0.3) is 0 Å². The topological polar surface area (TPSA) is 76.5 Å². The molecule has 2 heterocycles. The Morgan fingerprint density at radius 3 is 2.88 bits per heavy atom. The molecule has 1 amide bonds. The van der Waals surface area contributed by atoms with Crippen LogP contribution in [-0.4, -0.2) is 48.5 Å². The molecule has 0 aromatic carbocycles. The van der Waals surface area contributed by atoms with E-state index in [1.54, 1.807) is 19.4 Å². The first-order chi connectivity index (χ1) is 11.7. The summed E-state index contributed by atoms with van der Waals surface area (Å²) >= 11 is 0. The lowest BCUT2D eigenvalue weighted by Gasteiger charge is -2.19. The Kier molecular flexibility index (Phi) is 5.50. The maximum Gasteiger partial charge on any atom is 0.268 e. The molecule has 1 unspecified atom stereocenters. The van der Waals surface area contributed by atoms with Gasteiger partial charge in [-0.15, -0.1) is 0 Å². The molecule has 1 saturated carbocycles. The molecule has 1 atom stereocenters. The van der Waals surface area contributed by atoms with Crippen LogP contribution in [0.5, 0.6) is 0 Å². The molecule has 132 valence electrons. The number of rotatable bonds is 6. The summed E-state index contributed by atoms with van der Waals surface area (Å²) in [7, 11) is 1.60. The molecule has 0 spiro atoms. The highest BCUT2D eigenvalue weighted by molar-refractivity contribution is 5.80. The number of amides is 1. The number of hydrogen-bond donors (Lipinski definition) is 1. The Balaban J connectivity index is 1.57. The van der Waals surface area contributed by atoms with Crippen molar-refractivity contribution >= 4 is 11.6 Å². The van der Waals surface area contributed by atoms with E-state index in [1.165, 1.54) is 17.5 Å². The molecule has 2 aliphatic rings. The fourth-order valence-corrected chi connectivity index (χ4v) is 3.54. The van der Waals surface area contributed by atoms with E-state index >= 15 is 0 Å². The summed E-state index contributed by atoms with van der Waals surface area (Å²) in [5.74, 6) is 0.160. The van der Waals surface area contributed by atoms with Crippen molar-refractivity contribution in [2.75, 3.05) is 31.7 Å². The zero-order chi connectivity index (χ0) is 16.9. The fourth-order valence-electron chi connectivity index (χ4n) is 3.54. The molecule has 1 aromatic rings. The van der Waals surface area contributed by atoms with Gasteiger partial charge in [0.1, 0.15) is 0 Å². The SMILES string of the molecule is COCCn1ncc(N2CCC(C(=O)NC3CCCC3)C2)cc1=O. The number of nitrogens with zero attached hydrogens (tertiary/aromatic N) is 3. The lowest BCUT2D eigenvalue weighted by molar-refractivity contribution is -0.125. The van der Waals surface area contributed by atoms with Gasteiger partial charge in [0.15, 0.2) is 0 Å². The Morgan fingerprint density at radius 1 is 1.38 bits per heavy atom. The molecule has 2 fully saturated rings. The monoisotopic (exact) mass is 334 g/mol. The van der Waals surface area contributed by atoms with Crippen molar-refractivity contribution in [3.63, 3.8) is 0 Å². The van der Waals surface area contributed by atoms with E-state index in [0.717, 1.165) is 31.5 Å². The molecule has 1 saturated heterocycles. The summed E-state index contributed by atoms with van der Waals surface area (Å²) in [6.07, 6.45) is 7.16. The normalized spacial score (nSPS) is 21.4. The number of aromatic nitrogens is 2. The van der Waals surface area contributed by atoms with Gasteiger partial charge in [0.05, 0.1) is 31.0 Å². The molecular weight excluding hydrogens is 308 g/mol. The van der Waals surface area contributed by atoms with Crippen LogP contribution < -0.4 is 15.8 Å². The number of carbonyl (C=O) groups excluding carboxylic acids is 1. The van der Waals surface area contributed by atoms with Crippen molar-refractivity contribution in [3.05, 3.63) is 22.6 Å². The van der Waals surface area contributed by atoms with Crippen molar-refractivity contribution in [3.8, 4) is 0 Å². The number of anilines is 1. The first-order valence-electron chi connectivity index (χ1n) is 8.79. The second-order valence-electron chi connectivity index (χ2n) is 6.69. The third-order valence-corrected chi connectivity index (χ3v) is 4.99. The number of nitrogens with one attached hydrogen (secondary N) is 1. The van der Waals surface area contributed by atoms with E-state index in [0.29, 0.717) is 25.7 Å². The summed E-state index contributed by atoms with van der Waals surface area (Å²) in [5.41, 5.74) is 0.660. The van der Waals surface area contributed by atoms with Crippen molar-refractivity contribution in [2.24, 2.45) is 5.92 Å². The van der Waals surface area contributed by atoms with Gasteiger partial charge in [-0.25, -0.2) is 4.68 Å². The molecule has 0 bridgehead atoms. The van der Waals surface area contributed by atoms with E-state index in [1.807, 2.05) is 0 Å². The average Bonchev–Trinajstić information content (AvgIpc) is 3.25. The van der Waals surface area contributed by atoms with E-state index in [4.69, 9.17) is 4.74 Å². The van der Waals surface area contributed by atoms with Crippen LogP contribution in [0.1, 0.15) is 32.1 Å². The quantitative estimate of drug-likeness (QED) is 0.832. The van der Waals surface area contributed by atoms with Crippen LogP contribution in [0.2, 0.25) is 0 Å². The number of hydrogen-bond acceptors (Lipinski definition) is 5. The van der Waals surface area contributed by atoms with Crippen LogP contribution in [0.3, 0.4) is 0 Å². The van der Waals surface area contributed by atoms with Gasteiger partial charge in [-0.05, 0) is 19.3 Å².